The van der Waals surface area contributed by atoms with Crippen LogP contribution in [-0.4, -0.2) is 4.98 Å². The predicted octanol–water partition coefficient (Wildman–Crippen LogP) is 8.26. The summed E-state index contributed by atoms with van der Waals surface area (Å²) < 4.78 is 6.43. The number of nitrogens with one attached hydrogen (secondary N) is 1. The van der Waals surface area contributed by atoms with Gasteiger partial charge in [0.05, 0.1) is 11.3 Å². The van der Waals surface area contributed by atoms with E-state index in [1.54, 1.807) is 6.20 Å². The summed E-state index contributed by atoms with van der Waals surface area (Å²) in [6, 6.07) is 26.8. The standard InChI is InChI=1S/C29H28N2O/c1-19(2)25-11-8-12-26(20(3)4)29(25)32-24-15-13-22(14-16-24)28-27(23(17-30)18-31-28)21-9-6-5-7-10-21/h5-16,18-20,31H,1-4H3. The van der Waals surface area contributed by atoms with Crippen LogP contribution in [0.15, 0.2) is 79.0 Å². The Morgan fingerprint density at radius 1 is 0.750 bits per heavy atom. The van der Waals surface area contributed by atoms with Crippen molar-refractivity contribution >= 4 is 0 Å². The van der Waals surface area contributed by atoms with E-state index in [0.29, 0.717) is 17.4 Å². The Morgan fingerprint density at radius 3 is 1.94 bits per heavy atom. The van der Waals surface area contributed by atoms with Crippen molar-refractivity contribution in [3.63, 3.8) is 0 Å². The highest BCUT2D eigenvalue weighted by molar-refractivity contribution is 5.85. The van der Waals surface area contributed by atoms with Crippen LogP contribution in [0.25, 0.3) is 22.4 Å². The molecule has 4 rings (SSSR count). The maximum atomic E-state index is 9.60. The first kappa shape index (κ1) is 21.5. The highest BCUT2D eigenvalue weighted by Gasteiger charge is 2.17. The van der Waals surface area contributed by atoms with Gasteiger partial charge in [0.2, 0.25) is 0 Å². The van der Waals surface area contributed by atoms with Crippen molar-refractivity contribution < 1.29 is 4.74 Å². The summed E-state index contributed by atoms with van der Waals surface area (Å²) in [5, 5.41) is 9.60. The first-order valence-corrected chi connectivity index (χ1v) is 11.1. The van der Waals surface area contributed by atoms with Crippen LogP contribution in [0.4, 0.5) is 0 Å². The number of nitriles is 1. The summed E-state index contributed by atoms with van der Waals surface area (Å²) in [6.45, 7) is 8.77. The lowest BCUT2D eigenvalue weighted by Gasteiger charge is -2.20. The molecule has 0 unspecified atom stereocenters. The van der Waals surface area contributed by atoms with E-state index in [-0.39, 0.29) is 0 Å². The minimum atomic E-state index is 0.375. The van der Waals surface area contributed by atoms with Crippen LogP contribution in [0, 0.1) is 11.3 Å². The molecule has 3 aromatic carbocycles. The molecule has 0 amide bonds. The molecule has 1 N–H and O–H groups in total. The van der Waals surface area contributed by atoms with E-state index in [1.807, 2.05) is 54.6 Å². The first-order valence-electron chi connectivity index (χ1n) is 11.1. The Balaban J connectivity index is 1.70. The lowest BCUT2D eigenvalue weighted by atomic mass is 9.94. The molecule has 0 radical (unpaired) electrons. The van der Waals surface area contributed by atoms with E-state index in [9.17, 15) is 5.26 Å². The zero-order valence-corrected chi connectivity index (χ0v) is 19.0. The highest BCUT2D eigenvalue weighted by Crippen LogP contribution is 2.39. The summed E-state index contributed by atoms with van der Waals surface area (Å²) in [4.78, 5) is 3.29. The third kappa shape index (κ3) is 4.18. The lowest BCUT2D eigenvalue weighted by molar-refractivity contribution is 0.463. The number of ether oxygens (including phenoxy) is 1. The van der Waals surface area contributed by atoms with Crippen molar-refractivity contribution in [3.05, 3.63) is 95.7 Å². The quantitative estimate of drug-likeness (QED) is 0.341. The molecule has 32 heavy (non-hydrogen) atoms. The number of H-pyrrole nitrogens is 1. The molecule has 0 atom stereocenters. The van der Waals surface area contributed by atoms with Gasteiger partial charge in [0, 0.05) is 11.8 Å². The molecular weight excluding hydrogens is 392 g/mol. The van der Waals surface area contributed by atoms with E-state index >= 15 is 0 Å². The van der Waals surface area contributed by atoms with E-state index in [0.717, 1.165) is 33.9 Å². The third-order valence-corrected chi connectivity index (χ3v) is 5.75. The summed E-state index contributed by atoms with van der Waals surface area (Å²) in [6.07, 6.45) is 1.77. The fourth-order valence-electron chi connectivity index (χ4n) is 4.05. The normalized spacial score (nSPS) is 11.0. The number of nitrogens with zero attached hydrogens (tertiary/aromatic N) is 1. The van der Waals surface area contributed by atoms with Crippen LogP contribution in [0.3, 0.4) is 0 Å². The first-order chi connectivity index (χ1) is 15.5. The smallest absolute Gasteiger partial charge is 0.134 e. The number of aromatic amines is 1. The van der Waals surface area contributed by atoms with E-state index in [2.05, 4.69) is 56.9 Å². The highest BCUT2D eigenvalue weighted by atomic mass is 16.5. The van der Waals surface area contributed by atoms with E-state index in [4.69, 9.17) is 4.74 Å². The molecule has 0 fully saturated rings. The Hall–Kier alpha value is -3.77. The number of hydrogen-bond acceptors (Lipinski definition) is 2. The van der Waals surface area contributed by atoms with Gasteiger partial charge in [-0.15, -0.1) is 0 Å². The van der Waals surface area contributed by atoms with Crippen LogP contribution >= 0.6 is 0 Å². The van der Waals surface area contributed by atoms with Crippen molar-refractivity contribution in [1.29, 1.82) is 5.26 Å². The van der Waals surface area contributed by atoms with Crippen molar-refractivity contribution in [2.75, 3.05) is 0 Å². The summed E-state index contributed by atoms with van der Waals surface area (Å²) >= 11 is 0. The van der Waals surface area contributed by atoms with E-state index < -0.39 is 0 Å². The number of rotatable bonds is 6. The van der Waals surface area contributed by atoms with Crippen molar-refractivity contribution in [3.8, 4) is 40.0 Å². The molecule has 3 nitrogen and oxygen atoms in total. The SMILES string of the molecule is CC(C)c1cccc(C(C)C)c1Oc1ccc(-c2[nH]cc(C#N)c2-c2ccccc2)cc1. The van der Waals surface area contributed by atoms with Crippen molar-refractivity contribution in [2.24, 2.45) is 0 Å². The Kier molecular flexibility index (Phi) is 6.14. The molecular formula is C29H28N2O. The van der Waals surface area contributed by atoms with Gasteiger partial charge in [0.25, 0.3) is 0 Å². The summed E-state index contributed by atoms with van der Waals surface area (Å²) in [5.74, 6) is 2.51. The van der Waals surface area contributed by atoms with Gasteiger partial charge in [-0.3, -0.25) is 0 Å². The van der Waals surface area contributed by atoms with Crippen LogP contribution in [0.5, 0.6) is 11.5 Å². The number of aromatic nitrogens is 1. The van der Waals surface area contributed by atoms with Crippen molar-refractivity contribution in [1.82, 2.24) is 4.98 Å². The molecule has 1 aromatic heterocycles. The molecule has 0 saturated carbocycles. The predicted molar refractivity (Wildman–Crippen MR) is 131 cm³/mol. The number of hydrogen-bond donors (Lipinski definition) is 1. The molecule has 0 aliphatic heterocycles. The monoisotopic (exact) mass is 420 g/mol. The maximum Gasteiger partial charge on any atom is 0.134 e. The topological polar surface area (TPSA) is 48.8 Å². The number of benzene rings is 3. The van der Waals surface area contributed by atoms with Gasteiger partial charge < -0.3 is 9.72 Å². The zero-order valence-electron chi connectivity index (χ0n) is 19.0. The van der Waals surface area contributed by atoms with Gasteiger partial charge in [-0.05, 0) is 58.4 Å². The third-order valence-electron chi connectivity index (χ3n) is 5.75. The molecule has 3 heteroatoms. The van der Waals surface area contributed by atoms with E-state index in [1.165, 1.54) is 11.1 Å². The van der Waals surface area contributed by atoms with Crippen LogP contribution in [0.2, 0.25) is 0 Å². The second-order valence-electron chi connectivity index (χ2n) is 8.63. The summed E-state index contributed by atoms with van der Waals surface area (Å²) in [7, 11) is 0. The molecule has 0 bridgehead atoms. The molecule has 0 aliphatic carbocycles. The van der Waals surface area contributed by atoms with Crippen molar-refractivity contribution in [2.45, 2.75) is 39.5 Å². The molecule has 0 spiro atoms. The van der Waals surface area contributed by atoms with Crippen LogP contribution in [0.1, 0.15) is 56.2 Å². The fraction of sp³-hybridized carbons (Fsp3) is 0.207. The molecule has 1 heterocycles. The van der Waals surface area contributed by atoms with Gasteiger partial charge >= 0.3 is 0 Å². The summed E-state index contributed by atoms with van der Waals surface area (Å²) in [5.41, 5.74) is 6.97. The van der Waals surface area contributed by atoms with Crippen LogP contribution < -0.4 is 4.74 Å². The second kappa shape index (κ2) is 9.16. The molecule has 0 saturated heterocycles. The molecule has 160 valence electrons. The molecule has 4 aromatic rings. The lowest BCUT2D eigenvalue weighted by Crippen LogP contribution is -2.00. The average molecular weight is 421 g/mol. The van der Waals surface area contributed by atoms with Gasteiger partial charge in [0.15, 0.2) is 0 Å². The largest absolute Gasteiger partial charge is 0.457 e. The fourth-order valence-corrected chi connectivity index (χ4v) is 4.05. The molecule has 0 aliphatic rings. The second-order valence-corrected chi connectivity index (χ2v) is 8.63. The van der Waals surface area contributed by atoms with Gasteiger partial charge in [-0.1, -0.05) is 76.2 Å². The minimum absolute atomic E-state index is 0.375. The Morgan fingerprint density at radius 2 is 1.38 bits per heavy atom. The maximum absolute atomic E-state index is 9.60. The zero-order chi connectivity index (χ0) is 22.7. The average Bonchev–Trinajstić information content (AvgIpc) is 3.24. The minimum Gasteiger partial charge on any atom is -0.457 e. The van der Waals surface area contributed by atoms with Gasteiger partial charge in [-0.25, -0.2) is 0 Å². The van der Waals surface area contributed by atoms with Gasteiger partial charge in [0.1, 0.15) is 17.6 Å². The Labute approximate surface area is 190 Å². The van der Waals surface area contributed by atoms with Gasteiger partial charge in [-0.2, -0.15) is 5.26 Å². The number of para-hydroxylation sites is 1. The van der Waals surface area contributed by atoms with Crippen LogP contribution in [-0.2, 0) is 0 Å². The Bertz CT molecular complexity index is 1220.